The van der Waals surface area contributed by atoms with Crippen molar-refractivity contribution in [3.63, 3.8) is 0 Å². The average Bonchev–Trinajstić information content (AvgIpc) is 2.54. The van der Waals surface area contributed by atoms with E-state index in [1.165, 1.54) is 5.56 Å². The van der Waals surface area contributed by atoms with Gasteiger partial charge in [0.15, 0.2) is 0 Å². The van der Waals surface area contributed by atoms with Gasteiger partial charge >= 0.3 is 0 Å². The maximum absolute atomic E-state index is 10.1. The molecule has 2 heterocycles. The van der Waals surface area contributed by atoms with Crippen LogP contribution in [0.3, 0.4) is 0 Å². The van der Waals surface area contributed by atoms with Crippen LogP contribution in [0, 0.1) is 5.41 Å². The number of aliphatic hydroxyl groups excluding tert-OH is 1. The molecule has 0 radical (unpaired) electrons. The fourth-order valence-electron chi connectivity index (χ4n) is 3.83. The van der Waals surface area contributed by atoms with Gasteiger partial charge in [0, 0.05) is 31.7 Å². The largest absolute Gasteiger partial charge is 0.392 e. The molecule has 2 atom stereocenters. The Morgan fingerprint density at radius 2 is 2.14 bits per heavy atom. The number of aryl methyl sites for hydroxylation is 1. The second-order valence-corrected chi connectivity index (χ2v) is 6.50. The predicted molar refractivity (Wildman–Crippen MR) is 82.0 cm³/mol. The topological polar surface area (TPSA) is 45.6 Å². The Hall–Kier alpha value is -0.970. The smallest absolute Gasteiger partial charge is 0.0678 e. The van der Waals surface area contributed by atoms with E-state index in [1.54, 1.807) is 7.11 Å². The van der Waals surface area contributed by atoms with Gasteiger partial charge in [-0.2, -0.15) is 0 Å². The minimum atomic E-state index is -0.174. The molecule has 0 unspecified atom stereocenters. The normalized spacial score (nSPS) is 28.5. The molecular weight excluding hydrogens is 264 g/mol. The summed E-state index contributed by atoms with van der Waals surface area (Å²) < 4.78 is 5.54. The quantitative estimate of drug-likeness (QED) is 0.921. The molecule has 0 amide bonds. The Labute approximate surface area is 127 Å². The Balaban J connectivity index is 1.56. The number of ether oxygens (including phenoxy) is 1. The van der Waals surface area contributed by atoms with E-state index in [1.807, 2.05) is 6.20 Å². The lowest BCUT2D eigenvalue weighted by atomic mass is 9.58. The van der Waals surface area contributed by atoms with Crippen molar-refractivity contribution in [2.75, 3.05) is 20.2 Å². The van der Waals surface area contributed by atoms with Crippen LogP contribution in [0.5, 0.6) is 0 Å². The van der Waals surface area contributed by atoms with Gasteiger partial charge in [-0.3, -0.25) is 9.88 Å². The van der Waals surface area contributed by atoms with Crippen molar-refractivity contribution in [1.82, 2.24) is 9.88 Å². The van der Waals surface area contributed by atoms with Gasteiger partial charge in [0.05, 0.1) is 17.9 Å². The highest BCUT2D eigenvalue weighted by Gasteiger charge is 2.55. The van der Waals surface area contributed by atoms with E-state index in [9.17, 15) is 5.11 Å². The fraction of sp³-hybridized carbons (Fsp3) is 0.706. The zero-order valence-corrected chi connectivity index (χ0v) is 13.1. The van der Waals surface area contributed by atoms with E-state index in [0.717, 1.165) is 51.0 Å². The standard InChI is InChI=1S/C17H26N2O2/c1-3-13-4-5-14(18-11-13)12-19-8-6-17(7-9-19)15(20)10-16(17)21-2/h4-5,11,15-16,20H,3,6-10,12H2,1-2H3/t15-,16+/m0/s1. The van der Waals surface area contributed by atoms with Crippen molar-refractivity contribution < 1.29 is 9.84 Å². The molecule has 1 aromatic rings. The van der Waals surface area contributed by atoms with Crippen molar-refractivity contribution in [3.8, 4) is 0 Å². The van der Waals surface area contributed by atoms with Gasteiger partial charge < -0.3 is 9.84 Å². The number of methoxy groups -OCH3 is 1. The molecule has 3 rings (SSSR count). The number of nitrogens with zero attached hydrogens (tertiary/aromatic N) is 2. The molecule has 1 aliphatic heterocycles. The lowest BCUT2D eigenvalue weighted by Gasteiger charge is -2.56. The predicted octanol–water partition coefficient (Wildman–Crippen LogP) is 2.01. The van der Waals surface area contributed by atoms with Crippen LogP contribution in [0.25, 0.3) is 0 Å². The van der Waals surface area contributed by atoms with Crippen molar-refractivity contribution >= 4 is 0 Å². The molecule has 1 N–H and O–H groups in total. The van der Waals surface area contributed by atoms with Gasteiger partial charge in [-0.05, 0) is 44.0 Å². The summed E-state index contributed by atoms with van der Waals surface area (Å²) in [5, 5.41) is 10.1. The summed E-state index contributed by atoms with van der Waals surface area (Å²) in [7, 11) is 1.77. The zero-order chi connectivity index (χ0) is 14.9. The summed E-state index contributed by atoms with van der Waals surface area (Å²) in [6.07, 6.45) is 5.95. The van der Waals surface area contributed by atoms with Crippen LogP contribution in [0.2, 0.25) is 0 Å². The molecule has 116 valence electrons. The first-order valence-electron chi connectivity index (χ1n) is 8.05. The molecule has 0 bridgehead atoms. The van der Waals surface area contributed by atoms with Crippen LogP contribution in [-0.4, -0.2) is 47.4 Å². The Morgan fingerprint density at radius 3 is 2.67 bits per heavy atom. The van der Waals surface area contributed by atoms with Crippen LogP contribution >= 0.6 is 0 Å². The Kier molecular flexibility index (Phi) is 4.29. The molecule has 2 aliphatic rings. The average molecular weight is 290 g/mol. The number of pyridine rings is 1. The number of aromatic nitrogens is 1. The number of hydrogen-bond donors (Lipinski definition) is 1. The fourth-order valence-corrected chi connectivity index (χ4v) is 3.83. The van der Waals surface area contributed by atoms with E-state index >= 15 is 0 Å². The lowest BCUT2D eigenvalue weighted by Crippen LogP contribution is -2.61. The molecule has 0 aromatic carbocycles. The first kappa shape index (κ1) is 14.9. The van der Waals surface area contributed by atoms with E-state index < -0.39 is 0 Å². The summed E-state index contributed by atoms with van der Waals surface area (Å²) in [6.45, 7) is 5.10. The Bertz CT molecular complexity index is 466. The SMILES string of the molecule is CCc1ccc(CN2CCC3(CC2)[C@@H](O)C[C@H]3OC)nc1. The highest BCUT2D eigenvalue weighted by molar-refractivity contribution is 5.14. The second-order valence-electron chi connectivity index (χ2n) is 6.50. The maximum atomic E-state index is 10.1. The van der Waals surface area contributed by atoms with Gasteiger partial charge in [0.1, 0.15) is 0 Å². The van der Waals surface area contributed by atoms with E-state index in [2.05, 4.69) is 28.9 Å². The van der Waals surface area contributed by atoms with Crippen LogP contribution in [0.15, 0.2) is 18.3 Å². The number of hydrogen-bond acceptors (Lipinski definition) is 4. The number of piperidine rings is 1. The third-order valence-corrected chi connectivity index (χ3v) is 5.49. The highest BCUT2D eigenvalue weighted by Crippen LogP contribution is 2.50. The van der Waals surface area contributed by atoms with Gasteiger partial charge in [-0.1, -0.05) is 13.0 Å². The minimum Gasteiger partial charge on any atom is -0.392 e. The van der Waals surface area contributed by atoms with E-state index in [-0.39, 0.29) is 17.6 Å². The molecule has 1 spiro atoms. The van der Waals surface area contributed by atoms with Gasteiger partial charge in [-0.25, -0.2) is 0 Å². The summed E-state index contributed by atoms with van der Waals surface area (Å²) >= 11 is 0. The molecule has 1 aromatic heterocycles. The number of rotatable bonds is 4. The first-order valence-corrected chi connectivity index (χ1v) is 8.05. The molecule has 1 aliphatic carbocycles. The zero-order valence-electron chi connectivity index (χ0n) is 13.1. The summed E-state index contributed by atoms with van der Waals surface area (Å²) in [4.78, 5) is 6.99. The van der Waals surface area contributed by atoms with Crippen LogP contribution < -0.4 is 0 Å². The van der Waals surface area contributed by atoms with Crippen LogP contribution in [0.4, 0.5) is 0 Å². The molecule has 1 saturated carbocycles. The minimum absolute atomic E-state index is 0.0186. The Morgan fingerprint density at radius 1 is 1.38 bits per heavy atom. The summed E-state index contributed by atoms with van der Waals surface area (Å²) in [5.74, 6) is 0. The summed E-state index contributed by atoms with van der Waals surface area (Å²) in [6, 6.07) is 4.31. The van der Waals surface area contributed by atoms with E-state index in [4.69, 9.17) is 4.74 Å². The van der Waals surface area contributed by atoms with Gasteiger partial charge in [0.25, 0.3) is 0 Å². The third kappa shape index (κ3) is 2.72. The number of aliphatic hydroxyl groups is 1. The first-order chi connectivity index (χ1) is 10.2. The molecule has 1 saturated heterocycles. The molecule has 2 fully saturated rings. The van der Waals surface area contributed by atoms with E-state index in [0.29, 0.717) is 0 Å². The van der Waals surface area contributed by atoms with Gasteiger partial charge in [0.2, 0.25) is 0 Å². The lowest BCUT2D eigenvalue weighted by molar-refractivity contribution is -0.201. The third-order valence-electron chi connectivity index (χ3n) is 5.49. The van der Waals surface area contributed by atoms with Gasteiger partial charge in [-0.15, -0.1) is 0 Å². The second kappa shape index (κ2) is 6.03. The van der Waals surface area contributed by atoms with Crippen molar-refractivity contribution in [1.29, 1.82) is 0 Å². The van der Waals surface area contributed by atoms with Crippen molar-refractivity contribution in [2.45, 2.75) is 51.4 Å². The van der Waals surface area contributed by atoms with Crippen LogP contribution in [-0.2, 0) is 17.7 Å². The molecule has 21 heavy (non-hydrogen) atoms. The molecule has 4 heteroatoms. The van der Waals surface area contributed by atoms with Crippen molar-refractivity contribution in [3.05, 3.63) is 29.6 Å². The molecule has 4 nitrogen and oxygen atoms in total. The van der Waals surface area contributed by atoms with Crippen LogP contribution in [0.1, 0.15) is 37.4 Å². The summed E-state index contributed by atoms with van der Waals surface area (Å²) in [5.41, 5.74) is 2.45. The monoisotopic (exact) mass is 290 g/mol. The molecular formula is C17H26N2O2. The maximum Gasteiger partial charge on any atom is 0.0678 e. The van der Waals surface area contributed by atoms with Crippen molar-refractivity contribution in [2.24, 2.45) is 5.41 Å². The highest BCUT2D eigenvalue weighted by atomic mass is 16.5. The number of likely N-dealkylation sites (tertiary alicyclic amines) is 1.